The van der Waals surface area contributed by atoms with Gasteiger partial charge in [0.1, 0.15) is 36.3 Å². The molecule has 0 unspecified atom stereocenters. The quantitative estimate of drug-likeness (QED) is 0.0693. The smallest absolute Gasteiger partial charge is 0.305 e. The highest BCUT2D eigenvalue weighted by molar-refractivity contribution is 8.76. The molecule has 1 saturated heterocycles. The molecule has 0 bridgehead atoms. The largest absolute Gasteiger partial charge is 0.481 e. The van der Waals surface area contributed by atoms with Crippen molar-refractivity contribution in [3.8, 4) is 0 Å². The SMILES string of the molecule is CC(C)C[C@H]1NC(=O)[C@H]([C@@H](C)O)NC(=O)[C@@H](CC(=O)O)NC(=O)[C@H](CO)NC(=O)[C@@H](CCCCN)NC(=O)[C@H](N)CSSC[C@H](C(N)=O)NC1=O. The molecule has 15 N–H and O–H groups in total. The summed E-state index contributed by atoms with van der Waals surface area (Å²) in [6, 6.07) is -10.3. The van der Waals surface area contributed by atoms with E-state index >= 15 is 0 Å². The van der Waals surface area contributed by atoms with Crippen LogP contribution in [0.3, 0.4) is 0 Å². The number of aliphatic hydroxyl groups excluding tert-OH is 2. The van der Waals surface area contributed by atoms with Gasteiger partial charge in [-0.25, -0.2) is 0 Å². The number of carboxylic acid groups (broad SMARTS) is 1. The third kappa shape index (κ3) is 16.5. The number of unbranched alkanes of at least 4 members (excludes halogenated alkanes) is 1. The topological polar surface area (TPSA) is 347 Å². The molecule has 1 aliphatic heterocycles. The molecule has 1 rings (SSSR count). The Morgan fingerprint density at radius 1 is 0.765 bits per heavy atom. The molecule has 0 aromatic heterocycles. The number of hydrogen-bond donors (Lipinski definition) is 12. The van der Waals surface area contributed by atoms with Crippen LogP contribution in [0.15, 0.2) is 0 Å². The zero-order valence-corrected chi connectivity index (χ0v) is 30.3. The molecule has 0 radical (unpaired) electrons. The molecule has 0 aromatic carbocycles. The van der Waals surface area contributed by atoms with Crippen LogP contribution in [0.25, 0.3) is 0 Å². The normalized spacial score (nSPS) is 27.6. The van der Waals surface area contributed by atoms with E-state index in [0.717, 1.165) is 28.5 Å². The predicted molar refractivity (Wildman–Crippen MR) is 187 cm³/mol. The number of aliphatic carboxylic acids is 1. The Balaban J connectivity index is 3.56. The van der Waals surface area contributed by atoms with Gasteiger partial charge in [-0.15, -0.1) is 0 Å². The van der Waals surface area contributed by atoms with Crippen molar-refractivity contribution in [1.29, 1.82) is 0 Å². The minimum Gasteiger partial charge on any atom is -0.481 e. The Bertz CT molecular complexity index is 1240. The zero-order valence-electron chi connectivity index (χ0n) is 28.7. The van der Waals surface area contributed by atoms with Gasteiger partial charge in [-0.3, -0.25) is 38.4 Å². The summed E-state index contributed by atoms with van der Waals surface area (Å²) in [6.07, 6.45) is -1.64. The van der Waals surface area contributed by atoms with Crippen LogP contribution in [0.5, 0.6) is 0 Å². The molecule has 0 aromatic rings. The van der Waals surface area contributed by atoms with E-state index in [0.29, 0.717) is 12.8 Å². The summed E-state index contributed by atoms with van der Waals surface area (Å²) in [5.41, 5.74) is 17.1. The van der Waals surface area contributed by atoms with E-state index in [1.165, 1.54) is 0 Å². The van der Waals surface area contributed by atoms with Gasteiger partial charge in [0.2, 0.25) is 41.4 Å². The van der Waals surface area contributed by atoms with E-state index < -0.39 is 109 Å². The van der Waals surface area contributed by atoms with E-state index in [1.807, 2.05) is 0 Å². The summed E-state index contributed by atoms with van der Waals surface area (Å²) in [6.45, 7) is 3.92. The predicted octanol–water partition coefficient (Wildman–Crippen LogP) is -4.87. The second-order valence-corrected chi connectivity index (χ2v) is 14.9. The van der Waals surface area contributed by atoms with Gasteiger partial charge in [-0.1, -0.05) is 35.4 Å². The molecule has 290 valence electrons. The molecular weight excluding hydrogens is 715 g/mol. The van der Waals surface area contributed by atoms with E-state index in [1.54, 1.807) is 13.8 Å². The average Bonchev–Trinajstić information content (AvgIpc) is 3.04. The number of carbonyl (C=O) groups excluding carboxylic acids is 7. The Labute approximate surface area is 303 Å². The summed E-state index contributed by atoms with van der Waals surface area (Å²) in [4.78, 5) is 103. The summed E-state index contributed by atoms with van der Waals surface area (Å²) in [5, 5.41) is 43.8. The third-order valence-corrected chi connectivity index (χ3v) is 9.82. The first-order valence-corrected chi connectivity index (χ1v) is 18.7. The van der Waals surface area contributed by atoms with Crippen LogP contribution in [0.1, 0.15) is 52.9 Å². The van der Waals surface area contributed by atoms with Crippen molar-refractivity contribution in [2.75, 3.05) is 24.7 Å². The summed E-state index contributed by atoms with van der Waals surface area (Å²) in [5.74, 6) is -8.60. The molecule has 0 spiro atoms. The maximum absolute atomic E-state index is 13.3. The number of aliphatic hydroxyl groups is 2. The van der Waals surface area contributed by atoms with Crippen molar-refractivity contribution in [3.63, 3.8) is 0 Å². The second-order valence-electron chi connectivity index (χ2n) is 12.3. The first-order valence-electron chi connectivity index (χ1n) is 16.2. The van der Waals surface area contributed by atoms with E-state index in [-0.39, 0.29) is 36.8 Å². The lowest BCUT2D eigenvalue weighted by molar-refractivity contribution is -0.142. The first kappa shape index (κ1) is 45.3. The van der Waals surface area contributed by atoms with Crippen LogP contribution in [0, 0.1) is 5.92 Å². The maximum Gasteiger partial charge on any atom is 0.305 e. The number of amides is 7. The lowest BCUT2D eigenvalue weighted by Gasteiger charge is -2.28. The van der Waals surface area contributed by atoms with Crippen molar-refractivity contribution in [2.24, 2.45) is 23.1 Å². The Morgan fingerprint density at radius 2 is 1.29 bits per heavy atom. The molecule has 51 heavy (non-hydrogen) atoms. The van der Waals surface area contributed by atoms with Gasteiger partial charge in [0, 0.05) is 11.5 Å². The molecule has 7 amide bonds. The fourth-order valence-electron chi connectivity index (χ4n) is 4.57. The van der Waals surface area contributed by atoms with Gasteiger partial charge in [-0.2, -0.15) is 0 Å². The lowest BCUT2D eigenvalue weighted by Crippen LogP contribution is -2.62. The van der Waals surface area contributed by atoms with Gasteiger partial charge in [0.15, 0.2) is 0 Å². The zero-order chi connectivity index (χ0) is 38.8. The third-order valence-electron chi connectivity index (χ3n) is 7.37. The summed E-state index contributed by atoms with van der Waals surface area (Å²) < 4.78 is 0. The average molecular weight is 766 g/mol. The summed E-state index contributed by atoms with van der Waals surface area (Å²) >= 11 is 0. The molecule has 1 heterocycles. The second kappa shape index (κ2) is 23.0. The Morgan fingerprint density at radius 3 is 1.84 bits per heavy atom. The molecule has 20 nitrogen and oxygen atoms in total. The standard InChI is InChI=1S/C29H51N9O11S2/c1-13(2)8-17-26(46)37-20(23(32)43)12-51-50-11-15(31)24(44)33-16(6-4-5-7-30)25(45)36-19(10-39)28(48)34-18(9-21(41)42)27(47)38-22(14(3)40)29(49)35-17/h13-20,22,39-40H,4-12,30-31H2,1-3H3,(H2,32,43)(H,33,44)(H,34,48)(H,35,49)(H,36,45)(H,37,46)(H,38,47)(H,41,42)/t14-,15-,16-,17-,18-,19+,20-,22+/m1/s1. The molecule has 1 aliphatic rings. The minimum atomic E-state index is -1.88. The van der Waals surface area contributed by atoms with Gasteiger partial charge >= 0.3 is 5.97 Å². The Kier molecular flexibility index (Phi) is 20.4. The molecule has 8 atom stereocenters. The van der Waals surface area contributed by atoms with Crippen molar-refractivity contribution in [2.45, 2.75) is 101 Å². The molecule has 0 saturated carbocycles. The number of nitrogens with two attached hydrogens (primary N) is 3. The van der Waals surface area contributed by atoms with Crippen LogP contribution in [-0.4, -0.2) is 136 Å². The van der Waals surface area contributed by atoms with E-state index in [9.17, 15) is 53.7 Å². The maximum atomic E-state index is 13.3. The van der Waals surface area contributed by atoms with Crippen molar-refractivity contribution in [1.82, 2.24) is 31.9 Å². The van der Waals surface area contributed by atoms with E-state index in [4.69, 9.17) is 17.2 Å². The molecule has 0 aliphatic carbocycles. The van der Waals surface area contributed by atoms with Gasteiger partial charge in [-0.05, 0) is 45.1 Å². The highest BCUT2D eigenvalue weighted by atomic mass is 33.1. The van der Waals surface area contributed by atoms with Gasteiger partial charge in [0.05, 0.1) is 25.2 Å². The number of hydrogen-bond acceptors (Lipinski definition) is 14. The molecule has 1 fully saturated rings. The number of carbonyl (C=O) groups is 8. The van der Waals surface area contributed by atoms with Gasteiger partial charge < -0.3 is 64.4 Å². The number of rotatable bonds is 11. The number of carboxylic acids is 1. The van der Waals surface area contributed by atoms with Crippen molar-refractivity contribution in [3.05, 3.63) is 0 Å². The van der Waals surface area contributed by atoms with Crippen LogP contribution in [0.4, 0.5) is 0 Å². The highest BCUT2D eigenvalue weighted by Gasteiger charge is 2.36. The fraction of sp³-hybridized carbons (Fsp3) is 0.724. The molecule has 22 heteroatoms. The summed E-state index contributed by atoms with van der Waals surface area (Å²) in [7, 11) is 2.15. The van der Waals surface area contributed by atoms with Crippen molar-refractivity contribution >= 4 is 68.9 Å². The highest BCUT2D eigenvalue weighted by Crippen LogP contribution is 2.23. The monoisotopic (exact) mass is 765 g/mol. The van der Waals surface area contributed by atoms with Crippen LogP contribution in [0.2, 0.25) is 0 Å². The van der Waals surface area contributed by atoms with Crippen LogP contribution >= 0.6 is 21.6 Å². The van der Waals surface area contributed by atoms with Gasteiger partial charge in [0.25, 0.3) is 0 Å². The minimum absolute atomic E-state index is 0.00645. The fourth-order valence-corrected chi connectivity index (χ4v) is 6.87. The first-order chi connectivity index (χ1) is 23.9. The van der Waals surface area contributed by atoms with Crippen molar-refractivity contribution < 1.29 is 53.7 Å². The van der Waals surface area contributed by atoms with Crippen LogP contribution < -0.4 is 49.1 Å². The number of nitrogens with one attached hydrogen (secondary N) is 6. The lowest BCUT2D eigenvalue weighted by atomic mass is 10.0. The van der Waals surface area contributed by atoms with E-state index in [2.05, 4.69) is 31.9 Å². The number of primary amides is 1. The van der Waals surface area contributed by atoms with Crippen LogP contribution in [-0.2, 0) is 38.4 Å². The Hall–Kier alpha value is -3.70. The molecular formula is C29H51N9O11S2.